The SMILES string of the molecule is Cc1cnc(N2CC3(CCOCC3)C2)c(C(=O)Nc2ccc(C(O)N3c4ccccc4N=C(c4ccc(C(=O)NC5CCC5)s4)[C@@H]3C)cc2)c1. The minimum Gasteiger partial charge on any atom is -0.381 e. The van der Waals surface area contributed by atoms with E-state index < -0.39 is 6.23 Å². The third kappa shape index (κ3) is 6.18. The third-order valence-corrected chi connectivity index (χ3v) is 11.7. The smallest absolute Gasteiger partial charge is 0.261 e. The predicted molar refractivity (Wildman–Crippen MR) is 197 cm³/mol. The molecule has 2 atom stereocenters. The molecule has 2 aromatic heterocycles. The Bertz CT molecular complexity index is 1940. The lowest BCUT2D eigenvalue weighted by atomic mass is 9.73. The van der Waals surface area contributed by atoms with Crippen molar-refractivity contribution in [3.05, 3.63) is 99.4 Å². The van der Waals surface area contributed by atoms with E-state index in [1.807, 2.05) is 91.7 Å². The zero-order chi connectivity index (χ0) is 34.4. The van der Waals surface area contributed by atoms with Gasteiger partial charge in [-0.25, -0.2) is 9.98 Å². The van der Waals surface area contributed by atoms with Gasteiger partial charge in [-0.2, -0.15) is 0 Å². The molecule has 4 aliphatic rings. The molecule has 8 rings (SSSR count). The average Bonchev–Trinajstić information content (AvgIpc) is 3.59. The van der Waals surface area contributed by atoms with E-state index in [1.54, 1.807) is 0 Å². The second-order valence-corrected chi connectivity index (χ2v) is 15.2. The normalized spacial score (nSPS) is 20.3. The standard InChI is InChI=1S/C39H42N6O4S/c1-24-20-29(35(40-21-24)44-22-39(23-44)16-18-49-19-17-39)36(46)41-28-12-10-26(11-13-28)38(48)45-25(2)34(43-30-8-3-4-9-31(30)45)32-14-15-33(50-32)37(47)42-27-6-5-7-27/h3-4,8-15,20-21,25,27,38,48H,5-7,16-19,22-23H2,1-2H3,(H,41,46)(H,42,47)/t25-,38?/m0/s1. The van der Waals surface area contributed by atoms with E-state index in [0.717, 1.165) is 85.9 Å². The van der Waals surface area contributed by atoms with Crippen molar-refractivity contribution in [3.8, 4) is 0 Å². The molecule has 10 nitrogen and oxygen atoms in total. The van der Waals surface area contributed by atoms with Crippen molar-refractivity contribution in [1.82, 2.24) is 10.3 Å². The molecule has 0 bridgehead atoms. The number of benzene rings is 2. The molecule has 1 saturated carbocycles. The summed E-state index contributed by atoms with van der Waals surface area (Å²) in [5.41, 5.74) is 5.42. The molecule has 258 valence electrons. The number of aliphatic hydroxyl groups excluding tert-OH is 1. The number of ether oxygens (including phenoxy) is 1. The van der Waals surface area contributed by atoms with Crippen molar-refractivity contribution in [2.75, 3.05) is 41.4 Å². The van der Waals surface area contributed by atoms with Gasteiger partial charge in [0.2, 0.25) is 0 Å². The Labute approximate surface area is 296 Å². The monoisotopic (exact) mass is 690 g/mol. The molecule has 5 heterocycles. The summed E-state index contributed by atoms with van der Waals surface area (Å²) in [4.78, 5) is 41.9. The van der Waals surface area contributed by atoms with E-state index in [9.17, 15) is 14.7 Å². The minimum atomic E-state index is -0.987. The maximum atomic E-state index is 13.6. The van der Waals surface area contributed by atoms with Crippen LogP contribution < -0.4 is 20.4 Å². The first-order valence-corrected chi connectivity index (χ1v) is 18.3. The molecule has 2 aromatic carbocycles. The molecule has 3 aliphatic heterocycles. The van der Waals surface area contributed by atoms with E-state index in [2.05, 4.69) is 20.5 Å². The number of carbonyl (C=O) groups excluding carboxylic acids is 2. The number of thiophene rings is 1. The van der Waals surface area contributed by atoms with Crippen LogP contribution >= 0.6 is 11.3 Å². The van der Waals surface area contributed by atoms with E-state index >= 15 is 0 Å². The topological polar surface area (TPSA) is 119 Å². The van der Waals surface area contributed by atoms with Crippen LogP contribution in [-0.4, -0.2) is 66.0 Å². The molecule has 2 saturated heterocycles. The van der Waals surface area contributed by atoms with Gasteiger partial charge in [-0.3, -0.25) is 9.59 Å². The lowest BCUT2D eigenvalue weighted by molar-refractivity contribution is -0.000510. The minimum absolute atomic E-state index is 0.0433. The summed E-state index contributed by atoms with van der Waals surface area (Å²) in [6, 6.07) is 20.8. The van der Waals surface area contributed by atoms with Gasteiger partial charge in [0.1, 0.15) is 5.82 Å². The molecule has 2 amide bonds. The van der Waals surface area contributed by atoms with Crippen LogP contribution in [-0.2, 0) is 4.74 Å². The van der Waals surface area contributed by atoms with Crippen LogP contribution in [0.5, 0.6) is 0 Å². The fourth-order valence-electron chi connectivity index (χ4n) is 7.46. The quantitative estimate of drug-likeness (QED) is 0.190. The van der Waals surface area contributed by atoms with Crippen LogP contribution in [0.1, 0.15) is 81.3 Å². The molecule has 3 fully saturated rings. The molecule has 1 unspecified atom stereocenters. The van der Waals surface area contributed by atoms with Crippen LogP contribution in [0.3, 0.4) is 0 Å². The molecule has 1 aliphatic carbocycles. The van der Waals surface area contributed by atoms with Gasteiger partial charge in [0.05, 0.1) is 38.4 Å². The highest BCUT2D eigenvalue weighted by molar-refractivity contribution is 7.16. The fraction of sp³-hybridized carbons (Fsp3) is 0.385. The van der Waals surface area contributed by atoms with Crippen LogP contribution in [0.2, 0.25) is 0 Å². The maximum absolute atomic E-state index is 13.6. The van der Waals surface area contributed by atoms with Gasteiger partial charge in [-0.15, -0.1) is 11.3 Å². The molecule has 11 heteroatoms. The van der Waals surface area contributed by atoms with Crippen molar-refractivity contribution in [2.24, 2.45) is 10.4 Å². The van der Waals surface area contributed by atoms with Crippen molar-refractivity contribution in [3.63, 3.8) is 0 Å². The number of hydrogen-bond acceptors (Lipinski definition) is 9. The Morgan fingerprint density at radius 2 is 1.78 bits per heavy atom. The summed E-state index contributed by atoms with van der Waals surface area (Å²) in [5, 5.41) is 18.1. The Morgan fingerprint density at radius 3 is 2.52 bits per heavy atom. The van der Waals surface area contributed by atoms with Crippen LogP contribution in [0.25, 0.3) is 0 Å². The predicted octanol–water partition coefficient (Wildman–Crippen LogP) is 6.62. The highest BCUT2D eigenvalue weighted by Gasteiger charge is 2.45. The van der Waals surface area contributed by atoms with Gasteiger partial charge in [0.15, 0.2) is 6.23 Å². The molecular weight excluding hydrogens is 649 g/mol. The highest BCUT2D eigenvalue weighted by atomic mass is 32.1. The summed E-state index contributed by atoms with van der Waals surface area (Å²) < 4.78 is 5.58. The lowest BCUT2D eigenvalue weighted by Crippen LogP contribution is -2.59. The number of anilines is 3. The summed E-state index contributed by atoms with van der Waals surface area (Å²) in [5.74, 6) is 0.455. The first-order chi connectivity index (χ1) is 24.3. The number of nitrogens with zero attached hydrogens (tertiary/aromatic N) is 4. The molecule has 50 heavy (non-hydrogen) atoms. The summed E-state index contributed by atoms with van der Waals surface area (Å²) in [6.45, 7) is 7.32. The van der Waals surface area contributed by atoms with Crippen LogP contribution in [0.4, 0.5) is 22.9 Å². The summed E-state index contributed by atoms with van der Waals surface area (Å²) >= 11 is 1.43. The third-order valence-electron chi connectivity index (χ3n) is 10.6. The van der Waals surface area contributed by atoms with Gasteiger partial charge >= 0.3 is 0 Å². The largest absolute Gasteiger partial charge is 0.381 e. The Balaban J connectivity index is 0.984. The van der Waals surface area contributed by atoms with Crippen molar-refractivity contribution < 1.29 is 19.4 Å². The zero-order valence-electron chi connectivity index (χ0n) is 28.4. The zero-order valence-corrected chi connectivity index (χ0v) is 29.2. The number of carbonyl (C=O) groups is 2. The number of rotatable bonds is 8. The highest BCUT2D eigenvalue weighted by Crippen LogP contribution is 2.43. The fourth-order valence-corrected chi connectivity index (χ4v) is 8.45. The van der Waals surface area contributed by atoms with Gasteiger partial charge in [0, 0.05) is 55.2 Å². The van der Waals surface area contributed by atoms with Gasteiger partial charge in [-0.1, -0.05) is 24.3 Å². The number of para-hydroxylation sites is 2. The molecule has 4 aromatic rings. The second-order valence-electron chi connectivity index (χ2n) is 14.1. The van der Waals surface area contributed by atoms with Gasteiger partial charge < -0.3 is 30.3 Å². The number of aryl methyl sites for hydroxylation is 1. The maximum Gasteiger partial charge on any atom is 0.261 e. The molecule has 0 radical (unpaired) electrons. The molecule has 3 N–H and O–H groups in total. The van der Waals surface area contributed by atoms with E-state index in [1.165, 1.54) is 11.3 Å². The van der Waals surface area contributed by atoms with Crippen LogP contribution in [0.15, 0.2) is 77.9 Å². The van der Waals surface area contributed by atoms with Crippen molar-refractivity contribution in [1.29, 1.82) is 0 Å². The number of aliphatic hydroxyl groups is 1. The first kappa shape index (κ1) is 32.6. The van der Waals surface area contributed by atoms with Crippen molar-refractivity contribution in [2.45, 2.75) is 64.3 Å². The number of hydrogen-bond donors (Lipinski definition) is 3. The first-order valence-electron chi connectivity index (χ1n) is 17.5. The number of aromatic nitrogens is 1. The van der Waals surface area contributed by atoms with Gasteiger partial charge in [0.25, 0.3) is 11.8 Å². The van der Waals surface area contributed by atoms with Crippen LogP contribution in [0, 0.1) is 12.3 Å². The number of fused-ring (bicyclic) bond motifs is 1. The van der Waals surface area contributed by atoms with E-state index in [-0.39, 0.29) is 29.3 Å². The molecule has 1 spiro atoms. The van der Waals surface area contributed by atoms with Gasteiger partial charge in [-0.05, 0) is 94.0 Å². The number of pyridine rings is 1. The van der Waals surface area contributed by atoms with E-state index in [4.69, 9.17) is 9.73 Å². The number of aliphatic imine (C=N–C) groups is 1. The Kier molecular flexibility index (Phi) is 8.66. The Hall–Kier alpha value is -4.58. The average molecular weight is 691 g/mol. The summed E-state index contributed by atoms with van der Waals surface area (Å²) in [6.07, 6.45) is 6.14. The summed E-state index contributed by atoms with van der Waals surface area (Å²) in [7, 11) is 0. The van der Waals surface area contributed by atoms with E-state index in [0.29, 0.717) is 27.5 Å². The lowest BCUT2D eigenvalue weighted by Gasteiger charge is -2.53. The second kappa shape index (κ2) is 13.3. The van der Waals surface area contributed by atoms with Crippen molar-refractivity contribution >= 4 is 51.7 Å². The Morgan fingerprint density at radius 1 is 1.02 bits per heavy atom. The number of nitrogens with one attached hydrogen (secondary N) is 2. The number of amides is 2. The molecular formula is C39H42N6O4S.